The number of aromatic nitrogens is 1. The van der Waals surface area contributed by atoms with Crippen molar-refractivity contribution in [3.8, 4) is 0 Å². The first kappa shape index (κ1) is 14.9. The standard InChI is InChI=1S/C12H8BrClN2.C2H6/c13-10-5-6-12(16-8-10)15-7-9-3-1-2-4-11(9)14;1-2/h1-8H;1-2H3. The zero-order chi connectivity index (χ0) is 13.4. The minimum Gasteiger partial charge on any atom is -0.237 e. The van der Waals surface area contributed by atoms with E-state index in [1.807, 2.05) is 50.2 Å². The normalized spacial score (nSPS) is 10.0. The van der Waals surface area contributed by atoms with Gasteiger partial charge in [0.05, 0.1) is 0 Å². The molecule has 94 valence electrons. The van der Waals surface area contributed by atoms with Crippen LogP contribution in [0.3, 0.4) is 0 Å². The fourth-order valence-corrected chi connectivity index (χ4v) is 1.58. The van der Waals surface area contributed by atoms with Crippen LogP contribution in [0.5, 0.6) is 0 Å². The summed E-state index contributed by atoms with van der Waals surface area (Å²) in [4.78, 5) is 8.37. The van der Waals surface area contributed by atoms with E-state index in [0.29, 0.717) is 10.8 Å². The lowest BCUT2D eigenvalue weighted by Gasteiger charge is -1.96. The highest BCUT2D eigenvalue weighted by Crippen LogP contribution is 2.15. The molecule has 0 aliphatic carbocycles. The Morgan fingerprint density at radius 1 is 1.17 bits per heavy atom. The Hall–Kier alpha value is -1.19. The van der Waals surface area contributed by atoms with Gasteiger partial charge < -0.3 is 0 Å². The van der Waals surface area contributed by atoms with E-state index >= 15 is 0 Å². The molecule has 0 bridgehead atoms. The van der Waals surface area contributed by atoms with Gasteiger partial charge in [-0.15, -0.1) is 0 Å². The average molecular weight is 326 g/mol. The van der Waals surface area contributed by atoms with Gasteiger partial charge in [0.15, 0.2) is 5.82 Å². The van der Waals surface area contributed by atoms with Crippen molar-refractivity contribution in [2.75, 3.05) is 0 Å². The first-order chi connectivity index (χ1) is 8.75. The number of hydrogen-bond donors (Lipinski definition) is 0. The van der Waals surface area contributed by atoms with Crippen LogP contribution in [0.2, 0.25) is 5.02 Å². The number of pyridine rings is 1. The number of halogens is 2. The molecule has 1 heterocycles. The van der Waals surface area contributed by atoms with Crippen molar-refractivity contribution < 1.29 is 0 Å². The molecule has 0 saturated carbocycles. The lowest BCUT2D eigenvalue weighted by Crippen LogP contribution is -1.82. The molecule has 18 heavy (non-hydrogen) atoms. The second kappa shape index (κ2) is 8.01. The van der Waals surface area contributed by atoms with Gasteiger partial charge in [0, 0.05) is 27.5 Å². The zero-order valence-electron chi connectivity index (χ0n) is 10.3. The number of hydrogen-bond acceptors (Lipinski definition) is 2. The molecule has 0 fully saturated rings. The van der Waals surface area contributed by atoms with Crippen LogP contribution >= 0.6 is 27.5 Å². The van der Waals surface area contributed by atoms with Crippen molar-refractivity contribution in [3.05, 3.63) is 57.7 Å². The maximum Gasteiger partial charge on any atom is 0.151 e. The molecule has 0 aliphatic heterocycles. The first-order valence-corrected chi connectivity index (χ1v) is 6.83. The lowest BCUT2D eigenvalue weighted by molar-refractivity contribution is 1.26. The molecular formula is C14H14BrClN2. The molecule has 2 aromatic rings. The van der Waals surface area contributed by atoms with Crippen LogP contribution in [0, 0.1) is 0 Å². The van der Waals surface area contributed by atoms with E-state index in [4.69, 9.17) is 11.6 Å². The van der Waals surface area contributed by atoms with Crippen molar-refractivity contribution in [2.45, 2.75) is 13.8 Å². The molecule has 0 unspecified atom stereocenters. The van der Waals surface area contributed by atoms with E-state index in [2.05, 4.69) is 25.9 Å². The summed E-state index contributed by atoms with van der Waals surface area (Å²) in [7, 11) is 0. The molecule has 0 atom stereocenters. The summed E-state index contributed by atoms with van der Waals surface area (Å²) in [5.74, 6) is 0.656. The van der Waals surface area contributed by atoms with Gasteiger partial charge in [0.25, 0.3) is 0 Å². The van der Waals surface area contributed by atoms with Crippen LogP contribution in [0.4, 0.5) is 5.82 Å². The monoisotopic (exact) mass is 324 g/mol. The quantitative estimate of drug-likeness (QED) is 0.690. The summed E-state index contributed by atoms with van der Waals surface area (Å²) in [6, 6.07) is 11.3. The third-order valence-electron chi connectivity index (χ3n) is 1.95. The molecule has 0 saturated heterocycles. The molecule has 0 spiro atoms. The highest BCUT2D eigenvalue weighted by molar-refractivity contribution is 9.10. The smallest absolute Gasteiger partial charge is 0.151 e. The Bertz CT molecular complexity index is 509. The first-order valence-electron chi connectivity index (χ1n) is 5.66. The topological polar surface area (TPSA) is 25.2 Å². The van der Waals surface area contributed by atoms with E-state index in [-0.39, 0.29) is 0 Å². The van der Waals surface area contributed by atoms with Crippen LogP contribution in [-0.2, 0) is 0 Å². The molecule has 1 aromatic carbocycles. The fraction of sp³-hybridized carbons (Fsp3) is 0.143. The molecule has 0 N–H and O–H groups in total. The van der Waals surface area contributed by atoms with Crippen molar-refractivity contribution in [3.63, 3.8) is 0 Å². The summed E-state index contributed by atoms with van der Waals surface area (Å²) in [5.41, 5.74) is 0.883. The summed E-state index contributed by atoms with van der Waals surface area (Å²) < 4.78 is 0.934. The third kappa shape index (κ3) is 4.59. The van der Waals surface area contributed by atoms with Gasteiger partial charge in [-0.2, -0.15) is 0 Å². The molecule has 2 nitrogen and oxygen atoms in total. The molecule has 4 heteroatoms. The van der Waals surface area contributed by atoms with E-state index in [0.717, 1.165) is 10.0 Å². The van der Waals surface area contributed by atoms with Crippen LogP contribution in [0.1, 0.15) is 19.4 Å². The maximum absolute atomic E-state index is 6.00. The van der Waals surface area contributed by atoms with Gasteiger partial charge in [-0.05, 0) is 34.1 Å². The maximum atomic E-state index is 6.00. The number of rotatable bonds is 2. The Labute approximate surface area is 121 Å². The highest BCUT2D eigenvalue weighted by Gasteiger charge is 1.95. The van der Waals surface area contributed by atoms with E-state index in [1.165, 1.54) is 0 Å². The van der Waals surface area contributed by atoms with Gasteiger partial charge in [0.2, 0.25) is 0 Å². The summed E-state index contributed by atoms with van der Waals surface area (Å²) in [6.45, 7) is 4.00. The van der Waals surface area contributed by atoms with Crippen LogP contribution in [-0.4, -0.2) is 11.2 Å². The van der Waals surface area contributed by atoms with Gasteiger partial charge >= 0.3 is 0 Å². The highest BCUT2D eigenvalue weighted by atomic mass is 79.9. The largest absolute Gasteiger partial charge is 0.237 e. The minimum atomic E-state index is 0.656. The van der Waals surface area contributed by atoms with Crippen LogP contribution < -0.4 is 0 Å². The number of benzene rings is 1. The number of nitrogens with zero attached hydrogens (tertiary/aromatic N) is 2. The van der Waals surface area contributed by atoms with Crippen molar-refractivity contribution in [1.82, 2.24) is 4.98 Å². The molecule has 0 aliphatic rings. The van der Waals surface area contributed by atoms with E-state index in [9.17, 15) is 0 Å². The van der Waals surface area contributed by atoms with Crippen molar-refractivity contribution in [2.24, 2.45) is 4.99 Å². The molecule has 0 amide bonds. The minimum absolute atomic E-state index is 0.656. The van der Waals surface area contributed by atoms with Crippen molar-refractivity contribution >= 4 is 39.6 Å². The predicted molar refractivity (Wildman–Crippen MR) is 82.0 cm³/mol. The van der Waals surface area contributed by atoms with Gasteiger partial charge in [-0.3, -0.25) is 0 Å². The molecule has 1 aromatic heterocycles. The molecule has 2 rings (SSSR count). The van der Waals surface area contributed by atoms with Crippen molar-refractivity contribution in [1.29, 1.82) is 0 Å². The Morgan fingerprint density at radius 2 is 1.89 bits per heavy atom. The summed E-state index contributed by atoms with van der Waals surface area (Å²) >= 11 is 9.31. The Kier molecular flexibility index (Phi) is 6.61. The van der Waals surface area contributed by atoms with E-state index in [1.54, 1.807) is 12.4 Å². The Balaban J connectivity index is 0.000000771. The molecule has 0 radical (unpaired) electrons. The average Bonchev–Trinajstić information content (AvgIpc) is 2.42. The van der Waals surface area contributed by atoms with Gasteiger partial charge in [-0.25, -0.2) is 9.98 Å². The Morgan fingerprint density at radius 3 is 2.50 bits per heavy atom. The third-order valence-corrected chi connectivity index (χ3v) is 2.77. The predicted octanol–water partition coefficient (Wildman–Crippen LogP) is 5.27. The fourth-order valence-electron chi connectivity index (χ4n) is 1.16. The van der Waals surface area contributed by atoms with Crippen LogP contribution in [0.15, 0.2) is 52.1 Å². The number of aliphatic imine (C=N–C) groups is 1. The van der Waals surface area contributed by atoms with E-state index < -0.39 is 0 Å². The second-order valence-electron chi connectivity index (χ2n) is 3.11. The molecular weight excluding hydrogens is 312 g/mol. The van der Waals surface area contributed by atoms with Gasteiger partial charge in [0.1, 0.15) is 0 Å². The zero-order valence-corrected chi connectivity index (χ0v) is 12.6. The second-order valence-corrected chi connectivity index (χ2v) is 4.44. The van der Waals surface area contributed by atoms with Gasteiger partial charge in [-0.1, -0.05) is 43.6 Å². The SMILES string of the molecule is CC.Clc1ccccc1C=Nc1ccc(Br)cn1. The summed E-state index contributed by atoms with van der Waals surface area (Å²) in [6.07, 6.45) is 3.41. The van der Waals surface area contributed by atoms with Crippen LogP contribution in [0.25, 0.3) is 0 Å². The summed E-state index contributed by atoms with van der Waals surface area (Å²) in [5, 5.41) is 0.684. The lowest BCUT2D eigenvalue weighted by atomic mass is 10.2.